The van der Waals surface area contributed by atoms with Crippen LogP contribution >= 0.6 is 11.3 Å². The Morgan fingerprint density at radius 2 is 1.95 bits per heavy atom. The quantitative estimate of drug-likeness (QED) is 0.683. The number of nitrogens with zero attached hydrogens (tertiary/aromatic N) is 1. The van der Waals surface area contributed by atoms with E-state index in [0.29, 0.717) is 12.2 Å². The Kier molecular flexibility index (Phi) is 7.10. The zero-order valence-electron chi connectivity index (χ0n) is 11.1. The Morgan fingerprint density at radius 3 is 2.58 bits per heavy atom. The predicted octanol–water partition coefficient (Wildman–Crippen LogP) is 2.61. The molecule has 106 valence electrons. The number of carboxylic acid groups (broad SMARTS) is 1. The number of carbonyl (C=O) groups is 2. The van der Waals surface area contributed by atoms with Crippen molar-refractivity contribution in [3.8, 4) is 0 Å². The molecule has 2 N–H and O–H groups in total. The molecule has 0 saturated heterocycles. The van der Waals surface area contributed by atoms with Crippen LogP contribution in [0.25, 0.3) is 0 Å². The molecule has 0 fully saturated rings. The van der Waals surface area contributed by atoms with E-state index >= 15 is 0 Å². The van der Waals surface area contributed by atoms with Gasteiger partial charge in [-0.2, -0.15) is 0 Å². The molecule has 0 aromatic carbocycles. The van der Waals surface area contributed by atoms with E-state index in [4.69, 9.17) is 5.11 Å². The maximum absolute atomic E-state index is 11.6. The van der Waals surface area contributed by atoms with Gasteiger partial charge in [0, 0.05) is 18.3 Å². The molecule has 1 amide bonds. The zero-order valence-corrected chi connectivity index (χ0v) is 12.0. The van der Waals surface area contributed by atoms with Gasteiger partial charge in [-0.15, -0.1) is 11.3 Å². The number of thiazole rings is 1. The highest BCUT2D eigenvalue weighted by Crippen LogP contribution is 2.08. The number of amides is 1. The van der Waals surface area contributed by atoms with Crippen LogP contribution in [0.3, 0.4) is 0 Å². The smallest absolute Gasteiger partial charge is 0.303 e. The van der Waals surface area contributed by atoms with Crippen LogP contribution in [0.1, 0.15) is 54.0 Å². The molecule has 0 aliphatic carbocycles. The Hall–Kier alpha value is -1.43. The fraction of sp³-hybridized carbons (Fsp3) is 0.615. The lowest BCUT2D eigenvalue weighted by Crippen LogP contribution is -2.24. The normalized spacial score (nSPS) is 10.4. The summed E-state index contributed by atoms with van der Waals surface area (Å²) in [5, 5.41) is 14.0. The van der Waals surface area contributed by atoms with Crippen molar-refractivity contribution in [1.82, 2.24) is 10.3 Å². The summed E-state index contributed by atoms with van der Waals surface area (Å²) in [6.07, 6.45) is 4.86. The van der Waals surface area contributed by atoms with Gasteiger partial charge in [-0.1, -0.05) is 19.3 Å². The molecule has 0 aliphatic rings. The molecular formula is C13H20N2O3S. The van der Waals surface area contributed by atoms with Crippen molar-refractivity contribution in [1.29, 1.82) is 0 Å². The van der Waals surface area contributed by atoms with Crippen molar-refractivity contribution < 1.29 is 14.7 Å². The SMILES string of the molecule is Cc1nc(C(=O)NCCCCCCCC(=O)O)cs1. The van der Waals surface area contributed by atoms with Crippen LogP contribution < -0.4 is 5.32 Å². The minimum absolute atomic E-state index is 0.116. The van der Waals surface area contributed by atoms with E-state index in [1.54, 1.807) is 5.38 Å². The number of unbranched alkanes of at least 4 members (excludes halogenated alkanes) is 4. The number of aliphatic carboxylic acids is 1. The summed E-state index contributed by atoms with van der Waals surface area (Å²) in [6.45, 7) is 2.52. The summed E-state index contributed by atoms with van der Waals surface area (Å²) >= 11 is 1.47. The molecule has 1 heterocycles. The van der Waals surface area contributed by atoms with Gasteiger partial charge >= 0.3 is 5.97 Å². The van der Waals surface area contributed by atoms with Crippen molar-refractivity contribution in [2.24, 2.45) is 0 Å². The number of carboxylic acids is 1. The highest BCUT2D eigenvalue weighted by atomic mass is 32.1. The minimum atomic E-state index is -0.731. The van der Waals surface area contributed by atoms with Crippen LogP contribution in [0.4, 0.5) is 0 Å². The van der Waals surface area contributed by atoms with Crippen LogP contribution in [0, 0.1) is 6.92 Å². The molecular weight excluding hydrogens is 264 g/mol. The number of aromatic nitrogens is 1. The van der Waals surface area contributed by atoms with Crippen molar-refractivity contribution in [3.63, 3.8) is 0 Å². The van der Waals surface area contributed by atoms with E-state index in [-0.39, 0.29) is 12.3 Å². The monoisotopic (exact) mass is 284 g/mol. The van der Waals surface area contributed by atoms with Gasteiger partial charge in [0.2, 0.25) is 0 Å². The van der Waals surface area contributed by atoms with Crippen molar-refractivity contribution >= 4 is 23.2 Å². The van der Waals surface area contributed by atoms with E-state index in [0.717, 1.165) is 37.1 Å². The van der Waals surface area contributed by atoms with Crippen molar-refractivity contribution in [2.45, 2.75) is 45.4 Å². The van der Waals surface area contributed by atoms with Crippen molar-refractivity contribution in [2.75, 3.05) is 6.54 Å². The second kappa shape index (κ2) is 8.63. The lowest BCUT2D eigenvalue weighted by Gasteiger charge is -2.03. The van der Waals surface area contributed by atoms with E-state index in [9.17, 15) is 9.59 Å². The molecule has 5 nitrogen and oxygen atoms in total. The van der Waals surface area contributed by atoms with Gasteiger partial charge in [-0.3, -0.25) is 9.59 Å². The number of rotatable bonds is 9. The third-order valence-electron chi connectivity index (χ3n) is 2.70. The third-order valence-corrected chi connectivity index (χ3v) is 3.48. The van der Waals surface area contributed by atoms with Crippen LogP contribution in [-0.2, 0) is 4.79 Å². The number of aryl methyl sites for hydroxylation is 1. The fourth-order valence-corrected chi connectivity index (χ4v) is 2.28. The van der Waals surface area contributed by atoms with Crippen LogP contribution in [-0.4, -0.2) is 28.5 Å². The van der Waals surface area contributed by atoms with E-state index < -0.39 is 5.97 Å². The first-order valence-electron chi connectivity index (χ1n) is 6.51. The first kappa shape index (κ1) is 15.6. The van der Waals surface area contributed by atoms with Gasteiger partial charge in [0.1, 0.15) is 5.69 Å². The lowest BCUT2D eigenvalue weighted by atomic mass is 10.1. The summed E-state index contributed by atoms with van der Waals surface area (Å²) < 4.78 is 0. The summed E-state index contributed by atoms with van der Waals surface area (Å²) in [4.78, 5) is 26.0. The molecule has 1 aromatic rings. The minimum Gasteiger partial charge on any atom is -0.481 e. The third kappa shape index (κ3) is 6.91. The van der Waals surface area contributed by atoms with Gasteiger partial charge in [-0.25, -0.2) is 4.98 Å². The standard InChI is InChI=1S/C13H20N2O3S/c1-10-15-11(9-19-10)13(18)14-8-6-4-2-3-5-7-12(16)17/h9H,2-8H2,1H3,(H,14,18)(H,16,17). The topological polar surface area (TPSA) is 79.3 Å². The molecule has 0 saturated carbocycles. The average Bonchev–Trinajstić information content (AvgIpc) is 2.78. The Balaban J connectivity index is 1.99. The summed E-state index contributed by atoms with van der Waals surface area (Å²) in [7, 11) is 0. The zero-order chi connectivity index (χ0) is 14.1. The number of hydrogen-bond acceptors (Lipinski definition) is 4. The Labute approximate surface area is 117 Å². The van der Waals surface area contributed by atoms with Gasteiger partial charge in [0.05, 0.1) is 5.01 Å². The van der Waals surface area contributed by atoms with Gasteiger partial charge < -0.3 is 10.4 Å². The van der Waals surface area contributed by atoms with Crippen LogP contribution in [0.2, 0.25) is 0 Å². The van der Waals surface area contributed by atoms with Gasteiger partial charge in [0.25, 0.3) is 5.91 Å². The van der Waals surface area contributed by atoms with Crippen molar-refractivity contribution in [3.05, 3.63) is 16.1 Å². The molecule has 0 atom stereocenters. The summed E-state index contributed by atoms with van der Waals surface area (Å²) in [5.74, 6) is -0.846. The largest absolute Gasteiger partial charge is 0.481 e. The number of hydrogen-bond donors (Lipinski definition) is 2. The molecule has 0 radical (unpaired) electrons. The van der Waals surface area contributed by atoms with Crippen LogP contribution in [0.5, 0.6) is 0 Å². The first-order chi connectivity index (χ1) is 9.09. The van der Waals surface area contributed by atoms with Crippen LogP contribution in [0.15, 0.2) is 5.38 Å². The Morgan fingerprint density at radius 1 is 1.26 bits per heavy atom. The number of carbonyl (C=O) groups excluding carboxylic acids is 1. The van der Waals surface area contributed by atoms with E-state index in [1.807, 2.05) is 6.92 Å². The molecule has 1 aromatic heterocycles. The molecule has 0 spiro atoms. The second-order valence-corrected chi connectivity index (χ2v) is 5.48. The average molecular weight is 284 g/mol. The van der Waals surface area contributed by atoms with E-state index in [1.165, 1.54) is 11.3 Å². The molecule has 0 bridgehead atoms. The maximum Gasteiger partial charge on any atom is 0.303 e. The number of nitrogens with one attached hydrogen (secondary N) is 1. The highest BCUT2D eigenvalue weighted by molar-refractivity contribution is 7.09. The lowest BCUT2D eigenvalue weighted by molar-refractivity contribution is -0.137. The summed E-state index contributed by atoms with van der Waals surface area (Å²) in [5.41, 5.74) is 0.490. The molecule has 6 heteroatoms. The predicted molar refractivity (Wildman–Crippen MR) is 74.5 cm³/mol. The van der Waals surface area contributed by atoms with Gasteiger partial charge in [0.15, 0.2) is 0 Å². The highest BCUT2D eigenvalue weighted by Gasteiger charge is 2.07. The molecule has 1 rings (SSSR count). The Bertz CT molecular complexity index is 418. The van der Waals surface area contributed by atoms with E-state index in [2.05, 4.69) is 10.3 Å². The molecule has 0 unspecified atom stereocenters. The molecule has 19 heavy (non-hydrogen) atoms. The first-order valence-corrected chi connectivity index (χ1v) is 7.39. The second-order valence-electron chi connectivity index (χ2n) is 4.42. The summed E-state index contributed by atoms with van der Waals surface area (Å²) in [6, 6.07) is 0. The fourth-order valence-electron chi connectivity index (χ4n) is 1.69. The molecule has 0 aliphatic heterocycles. The van der Waals surface area contributed by atoms with Gasteiger partial charge in [-0.05, 0) is 19.8 Å². The maximum atomic E-state index is 11.6.